The molecule has 0 radical (unpaired) electrons. The van der Waals surface area contributed by atoms with E-state index in [1.54, 1.807) is 11.3 Å². The normalized spacial score (nSPS) is 17.6. The Kier molecular flexibility index (Phi) is 2.18. The maximum atomic E-state index is 4.59. The molecule has 0 atom stereocenters. The van der Waals surface area contributed by atoms with Gasteiger partial charge in [-0.25, -0.2) is 4.98 Å². The fourth-order valence-corrected chi connectivity index (χ4v) is 2.75. The molecule has 1 aliphatic carbocycles. The zero-order valence-corrected chi connectivity index (χ0v) is 10.5. The van der Waals surface area contributed by atoms with Crippen LogP contribution >= 0.6 is 11.3 Å². The van der Waals surface area contributed by atoms with Crippen molar-refractivity contribution in [3.8, 4) is 0 Å². The zero-order valence-electron chi connectivity index (χ0n) is 9.71. The third-order valence-electron chi connectivity index (χ3n) is 3.31. The van der Waals surface area contributed by atoms with Crippen molar-refractivity contribution in [1.82, 2.24) is 4.98 Å². The van der Waals surface area contributed by atoms with Crippen LogP contribution in [0.4, 0.5) is 5.13 Å². The van der Waals surface area contributed by atoms with E-state index in [0.29, 0.717) is 5.41 Å². The zero-order chi connectivity index (χ0) is 11.2. The predicted molar refractivity (Wildman–Crippen MR) is 70.2 cm³/mol. The molecule has 84 valence electrons. The van der Waals surface area contributed by atoms with E-state index in [-0.39, 0.29) is 0 Å². The van der Waals surface area contributed by atoms with Crippen molar-refractivity contribution in [3.63, 3.8) is 0 Å². The highest BCUT2D eigenvalue weighted by Crippen LogP contribution is 2.45. The molecule has 0 aliphatic heterocycles. The lowest BCUT2D eigenvalue weighted by molar-refractivity contribution is 0.610. The molecule has 0 bridgehead atoms. The van der Waals surface area contributed by atoms with Crippen LogP contribution in [0.1, 0.15) is 25.3 Å². The first kappa shape index (κ1) is 10.1. The summed E-state index contributed by atoms with van der Waals surface area (Å²) in [5.74, 6) is 0. The molecule has 2 aromatic rings. The Morgan fingerprint density at radius 3 is 3.00 bits per heavy atom. The lowest BCUT2D eigenvalue weighted by Gasteiger charge is -2.07. The van der Waals surface area contributed by atoms with E-state index in [1.807, 2.05) is 0 Å². The lowest BCUT2D eigenvalue weighted by Crippen LogP contribution is -2.11. The van der Waals surface area contributed by atoms with Crippen molar-refractivity contribution in [1.29, 1.82) is 0 Å². The molecule has 0 spiro atoms. The van der Waals surface area contributed by atoms with Crippen LogP contribution in [-0.2, 0) is 0 Å². The first-order valence-corrected chi connectivity index (χ1v) is 6.57. The quantitative estimate of drug-likeness (QED) is 0.870. The summed E-state index contributed by atoms with van der Waals surface area (Å²) in [6, 6.07) is 6.43. The van der Waals surface area contributed by atoms with Crippen LogP contribution in [0.2, 0.25) is 0 Å². The van der Waals surface area contributed by atoms with Gasteiger partial charge in [-0.2, -0.15) is 0 Å². The van der Waals surface area contributed by atoms with Gasteiger partial charge in [0.15, 0.2) is 5.13 Å². The lowest BCUT2D eigenvalue weighted by atomic mass is 10.1. The molecule has 3 heteroatoms. The van der Waals surface area contributed by atoms with Gasteiger partial charge in [-0.05, 0) is 42.9 Å². The molecule has 1 saturated carbocycles. The van der Waals surface area contributed by atoms with Crippen LogP contribution in [0.15, 0.2) is 18.2 Å². The Hall–Kier alpha value is -1.09. The summed E-state index contributed by atoms with van der Waals surface area (Å²) < 4.78 is 1.28. The van der Waals surface area contributed by atoms with Crippen molar-refractivity contribution in [3.05, 3.63) is 23.8 Å². The van der Waals surface area contributed by atoms with Crippen molar-refractivity contribution in [2.24, 2.45) is 5.41 Å². The molecule has 16 heavy (non-hydrogen) atoms. The molecule has 1 heterocycles. The van der Waals surface area contributed by atoms with E-state index >= 15 is 0 Å². The minimum Gasteiger partial charge on any atom is -0.361 e. The van der Waals surface area contributed by atoms with E-state index < -0.39 is 0 Å². The fourth-order valence-electron chi connectivity index (χ4n) is 1.79. The van der Waals surface area contributed by atoms with E-state index in [1.165, 1.54) is 23.1 Å². The summed E-state index contributed by atoms with van der Waals surface area (Å²) in [5.41, 5.74) is 2.95. The minimum absolute atomic E-state index is 0.535. The van der Waals surface area contributed by atoms with E-state index in [0.717, 1.165) is 17.2 Å². The molecular formula is C13H16N2S. The van der Waals surface area contributed by atoms with Crippen LogP contribution < -0.4 is 5.32 Å². The molecular weight excluding hydrogens is 216 g/mol. The second-order valence-corrected chi connectivity index (χ2v) is 6.19. The van der Waals surface area contributed by atoms with Gasteiger partial charge in [0.1, 0.15) is 0 Å². The summed E-state index contributed by atoms with van der Waals surface area (Å²) in [6.07, 6.45) is 2.70. The Morgan fingerprint density at radius 1 is 1.44 bits per heavy atom. The Balaban J connectivity index is 1.82. The highest BCUT2D eigenvalue weighted by molar-refractivity contribution is 7.22. The second kappa shape index (κ2) is 3.45. The number of rotatable bonds is 3. The Labute approximate surface area is 99.7 Å². The Morgan fingerprint density at radius 2 is 2.25 bits per heavy atom. The van der Waals surface area contributed by atoms with Crippen molar-refractivity contribution >= 4 is 26.7 Å². The van der Waals surface area contributed by atoms with Crippen molar-refractivity contribution < 1.29 is 0 Å². The number of nitrogens with zero attached hydrogens (tertiary/aromatic N) is 1. The number of hydrogen-bond acceptors (Lipinski definition) is 3. The second-order valence-electron chi connectivity index (χ2n) is 5.15. The van der Waals surface area contributed by atoms with Crippen LogP contribution in [0.25, 0.3) is 10.2 Å². The van der Waals surface area contributed by atoms with Crippen LogP contribution in [0.3, 0.4) is 0 Å². The minimum atomic E-state index is 0.535. The van der Waals surface area contributed by atoms with Gasteiger partial charge >= 0.3 is 0 Å². The maximum Gasteiger partial charge on any atom is 0.183 e. The van der Waals surface area contributed by atoms with Gasteiger partial charge < -0.3 is 5.32 Å². The highest BCUT2D eigenvalue weighted by Gasteiger charge is 2.36. The van der Waals surface area contributed by atoms with E-state index in [2.05, 4.69) is 42.3 Å². The summed E-state index contributed by atoms with van der Waals surface area (Å²) in [7, 11) is 0. The van der Waals surface area contributed by atoms with E-state index in [9.17, 15) is 0 Å². The molecule has 1 aromatic carbocycles. The fraction of sp³-hybridized carbons (Fsp3) is 0.462. The standard InChI is InChI=1S/C13H16N2S/c1-9-3-4-10-11(7-9)16-12(15-10)14-8-13(2)5-6-13/h3-4,7H,5-6,8H2,1-2H3,(H,14,15). The van der Waals surface area contributed by atoms with Gasteiger partial charge in [0.2, 0.25) is 0 Å². The molecule has 0 amide bonds. The number of benzene rings is 1. The molecule has 1 N–H and O–H groups in total. The number of aryl methyl sites for hydroxylation is 1. The van der Waals surface area contributed by atoms with Crippen molar-refractivity contribution in [2.45, 2.75) is 26.7 Å². The van der Waals surface area contributed by atoms with Crippen LogP contribution in [0.5, 0.6) is 0 Å². The van der Waals surface area contributed by atoms with Gasteiger partial charge in [0.25, 0.3) is 0 Å². The average molecular weight is 232 g/mol. The van der Waals surface area contributed by atoms with Gasteiger partial charge in [-0.15, -0.1) is 0 Å². The number of fused-ring (bicyclic) bond motifs is 1. The third-order valence-corrected chi connectivity index (χ3v) is 4.29. The summed E-state index contributed by atoms with van der Waals surface area (Å²) in [6.45, 7) is 5.51. The van der Waals surface area contributed by atoms with Gasteiger partial charge in [0, 0.05) is 6.54 Å². The number of hydrogen-bond donors (Lipinski definition) is 1. The Bertz CT molecular complexity index is 526. The van der Waals surface area contributed by atoms with E-state index in [4.69, 9.17) is 0 Å². The predicted octanol–water partition coefficient (Wildman–Crippen LogP) is 3.82. The third kappa shape index (κ3) is 1.92. The number of nitrogens with one attached hydrogen (secondary N) is 1. The molecule has 1 aliphatic rings. The SMILES string of the molecule is Cc1ccc2nc(NCC3(C)CC3)sc2c1. The molecule has 1 aromatic heterocycles. The van der Waals surface area contributed by atoms with Crippen LogP contribution in [-0.4, -0.2) is 11.5 Å². The average Bonchev–Trinajstić information content (AvgIpc) is 2.85. The molecule has 2 nitrogen and oxygen atoms in total. The van der Waals surface area contributed by atoms with Gasteiger partial charge in [-0.1, -0.05) is 24.3 Å². The largest absolute Gasteiger partial charge is 0.361 e. The highest BCUT2D eigenvalue weighted by atomic mass is 32.1. The number of aromatic nitrogens is 1. The molecule has 0 unspecified atom stereocenters. The summed E-state index contributed by atoms with van der Waals surface area (Å²) in [4.78, 5) is 4.59. The monoisotopic (exact) mass is 232 g/mol. The van der Waals surface area contributed by atoms with Crippen molar-refractivity contribution in [2.75, 3.05) is 11.9 Å². The molecule has 0 saturated heterocycles. The molecule has 1 fully saturated rings. The number of thiazole rings is 1. The van der Waals surface area contributed by atoms with Gasteiger partial charge in [-0.3, -0.25) is 0 Å². The first-order valence-electron chi connectivity index (χ1n) is 5.76. The van der Waals surface area contributed by atoms with Crippen LogP contribution in [0, 0.1) is 12.3 Å². The number of anilines is 1. The smallest absolute Gasteiger partial charge is 0.183 e. The van der Waals surface area contributed by atoms with Gasteiger partial charge in [0.05, 0.1) is 10.2 Å². The maximum absolute atomic E-state index is 4.59. The summed E-state index contributed by atoms with van der Waals surface area (Å²) in [5, 5.41) is 4.53. The molecule has 3 rings (SSSR count). The topological polar surface area (TPSA) is 24.9 Å². The first-order chi connectivity index (χ1) is 7.65. The summed E-state index contributed by atoms with van der Waals surface area (Å²) >= 11 is 1.76.